The van der Waals surface area contributed by atoms with Gasteiger partial charge in [0.15, 0.2) is 0 Å². The van der Waals surface area contributed by atoms with E-state index in [0.717, 1.165) is 12.0 Å². The van der Waals surface area contributed by atoms with Crippen molar-refractivity contribution >= 4 is 11.8 Å². The lowest BCUT2D eigenvalue weighted by Crippen LogP contribution is -2.32. The Kier molecular flexibility index (Phi) is 5.58. The van der Waals surface area contributed by atoms with E-state index in [2.05, 4.69) is 10.6 Å². The van der Waals surface area contributed by atoms with Crippen LogP contribution in [0.4, 0.5) is 0 Å². The van der Waals surface area contributed by atoms with Crippen LogP contribution in [-0.4, -0.2) is 18.4 Å². The highest BCUT2D eigenvalue weighted by Gasteiger charge is 2.09. The highest BCUT2D eigenvalue weighted by Crippen LogP contribution is 1.99. The van der Waals surface area contributed by atoms with Crippen LogP contribution in [0.5, 0.6) is 0 Å². The molecule has 0 aliphatic heterocycles. The third-order valence-electron chi connectivity index (χ3n) is 2.94. The minimum absolute atomic E-state index is 0.171. The van der Waals surface area contributed by atoms with Crippen LogP contribution in [0.2, 0.25) is 0 Å². The summed E-state index contributed by atoms with van der Waals surface area (Å²) in [7, 11) is 0. The summed E-state index contributed by atoms with van der Waals surface area (Å²) >= 11 is 0. The highest BCUT2D eigenvalue weighted by molar-refractivity contribution is 5.96. The number of carbonyl (C=O) groups is 2. The summed E-state index contributed by atoms with van der Waals surface area (Å²) < 4.78 is 5.09. The summed E-state index contributed by atoms with van der Waals surface area (Å²) in [6.07, 6.45) is 2.12. The second-order valence-corrected chi connectivity index (χ2v) is 4.62. The van der Waals surface area contributed by atoms with Crippen LogP contribution in [0, 0.1) is 0 Å². The van der Waals surface area contributed by atoms with Crippen molar-refractivity contribution in [2.75, 3.05) is 6.54 Å². The van der Waals surface area contributed by atoms with Crippen LogP contribution in [0.3, 0.4) is 0 Å². The normalized spacial score (nSPS) is 10.1. The smallest absolute Gasteiger partial charge is 0.229 e. The number of rotatable bonds is 7. The maximum absolute atomic E-state index is 11.6. The first-order valence-corrected chi connectivity index (χ1v) is 6.84. The molecule has 2 amide bonds. The van der Waals surface area contributed by atoms with Gasteiger partial charge in [-0.15, -0.1) is 0 Å². The number of furan rings is 1. The van der Waals surface area contributed by atoms with Crippen LogP contribution in [0.15, 0.2) is 53.1 Å². The molecule has 0 saturated heterocycles. The average molecular weight is 286 g/mol. The molecule has 0 aliphatic rings. The molecule has 0 fully saturated rings. The molecule has 2 rings (SSSR count). The van der Waals surface area contributed by atoms with Gasteiger partial charge in [-0.05, 0) is 24.1 Å². The van der Waals surface area contributed by atoms with E-state index in [1.54, 1.807) is 12.1 Å². The summed E-state index contributed by atoms with van der Waals surface area (Å²) in [5, 5.41) is 5.36. The van der Waals surface area contributed by atoms with Crippen LogP contribution >= 0.6 is 0 Å². The summed E-state index contributed by atoms with van der Waals surface area (Å²) in [5.41, 5.74) is 1.15. The first kappa shape index (κ1) is 14.8. The standard InChI is InChI=1S/C16H18N2O3/c19-15(17-9-8-13-5-2-1-3-6-13)11-16(20)18-12-14-7-4-10-21-14/h1-7,10H,8-9,11-12H2,(H,17,19)(H,18,20). The second kappa shape index (κ2) is 7.89. The lowest BCUT2D eigenvalue weighted by Gasteiger charge is -2.06. The molecule has 2 aromatic rings. The van der Waals surface area contributed by atoms with Gasteiger partial charge in [-0.2, -0.15) is 0 Å². The monoisotopic (exact) mass is 286 g/mol. The maximum atomic E-state index is 11.6. The van der Waals surface area contributed by atoms with Gasteiger partial charge in [0.25, 0.3) is 0 Å². The third-order valence-corrected chi connectivity index (χ3v) is 2.94. The molecule has 0 unspecified atom stereocenters. The molecule has 0 radical (unpaired) electrons. The van der Waals surface area contributed by atoms with Gasteiger partial charge in [-0.1, -0.05) is 30.3 Å². The van der Waals surface area contributed by atoms with Crippen molar-refractivity contribution in [3.05, 3.63) is 60.1 Å². The Morgan fingerprint density at radius 3 is 2.43 bits per heavy atom. The Balaban J connectivity index is 1.61. The highest BCUT2D eigenvalue weighted by atomic mass is 16.3. The fraction of sp³-hybridized carbons (Fsp3) is 0.250. The molecule has 1 aromatic carbocycles. The first-order valence-electron chi connectivity index (χ1n) is 6.84. The molecule has 110 valence electrons. The van der Waals surface area contributed by atoms with Gasteiger partial charge < -0.3 is 15.1 Å². The zero-order valence-corrected chi connectivity index (χ0v) is 11.7. The Bertz CT molecular complexity index is 564. The number of amides is 2. The topological polar surface area (TPSA) is 71.3 Å². The molecule has 5 nitrogen and oxygen atoms in total. The molecule has 0 atom stereocenters. The van der Waals surface area contributed by atoms with Crippen LogP contribution in [0.1, 0.15) is 17.7 Å². The van der Waals surface area contributed by atoms with E-state index in [9.17, 15) is 9.59 Å². The number of nitrogens with one attached hydrogen (secondary N) is 2. The first-order chi connectivity index (χ1) is 10.2. The largest absolute Gasteiger partial charge is 0.467 e. The van der Waals surface area contributed by atoms with Crippen molar-refractivity contribution in [1.29, 1.82) is 0 Å². The third kappa shape index (κ3) is 5.52. The molecule has 5 heteroatoms. The van der Waals surface area contributed by atoms with Crippen molar-refractivity contribution in [2.24, 2.45) is 0 Å². The predicted octanol–water partition coefficient (Wildman–Crippen LogP) is 1.64. The average Bonchev–Trinajstić information content (AvgIpc) is 2.99. The Morgan fingerprint density at radius 2 is 1.71 bits per heavy atom. The molecule has 1 heterocycles. The van der Waals surface area contributed by atoms with E-state index in [1.807, 2.05) is 30.3 Å². The van der Waals surface area contributed by atoms with Crippen molar-refractivity contribution in [2.45, 2.75) is 19.4 Å². The van der Waals surface area contributed by atoms with Crippen LogP contribution in [-0.2, 0) is 22.6 Å². The van der Waals surface area contributed by atoms with Gasteiger partial charge in [0.2, 0.25) is 11.8 Å². The van der Waals surface area contributed by atoms with Crippen molar-refractivity contribution in [1.82, 2.24) is 10.6 Å². The van der Waals surface area contributed by atoms with Crippen LogP contribution in [0.25, 0.3) is 0 Å². The second-order valence-electron chi connectivity index (χ2n) is 4.62. The van der Waals surface area contributed by atoms with Crippen molar-refractivity contribution in [3.8, 4) is 0 Å². The molecular weight excluding hydrogens is 268 g/mol. The maximum Gasteiger partial charge on any atom is 0.229 e. The Hall–Kier alpha value is -2.56. The zero-order chi connectivity index (χ0) is 14.9. The fourth-order valence-electron chi connectivity index (χ4n) is 1.86. The number of carbonyl (C=O) groups excluding carboxylic acids is 2. The molecule has 2 N–H and O–H groups in total. The molecule has 21 heavy (non-hydrogen) atoms. The number of hydrogen-bond acceptors (Lipinski definition) is 3. The summed E-state index contributed by atoms with van der Waals surface area (Å²) in [5.74, 6) is 0.0688. The molecule has 0 bridgehead atoms. The lowest BCUT2D eigenvalue weighted by molar-refractivity contribution is -0.129. The predicted molar refractivity (Wildman–Crippen MR) is 78.3 cm³/mol. The fourth-order valence-corrected chi connectivity index (χ4v) is 1.86. The van der Waals surface area contributed by atoms with E-state index < -0.39 is 0 Å². The molecule has 0 aliphatic carbocycles. The van der Waals surface area contributed by atoms with E-state index in [4.69, 9.17) is 4.42 Å². The Labute approximate surface area is 123 Å². The summed E-state index contributed by atoms with van der Waals surface area (Å²) in [6.45, 7) is 0.817. The van der Waals surface area contributed by atoms with Gasteiger partial charge >= 0.3 is 0 Å². The van der Waals surface area contributed by atoms with E-state index in [1.165, 1.54) is 6.26 Å². The van der Waals surface area contributed by atoms with E-state index in [0.29, 0.717) is 18.8 Å². The molecule has 0 spiro atoms. The number of benzene rings is 1. The van der Waals surface area contributed by atoms with Gasteiger partial charge in [0, 0.05) is 6.54 Å². The molecule has 0 saturated carbocycles. The summed E-state index contributed by atoms with van der Waals surface area (Å²) in [6, 6.07) is 13.4. The molecule has 1 aromatic heterocycles. The van der Waals surface area contributed by atoms with Gasteiger partial charge in [0.1, 0.15) is 12.2 Å². The zero-order valence-electron chi connectivity index (χ0n) is 11.7. The quantitative estimate of drug-likeness (QED) is 0.760. The minimum Gasteiger partial charge on any atom is -0.467 e. The van der Waals surface area contributed by atoms with E-state index >= 15 is 0 Å². The van der Waals surface area contributed by atoms with Gasteiger partial charge in [-0.3, -0.25) is 9.59 Å². The van der Waals surface area contributed by atoms with Crippen LogP contribution < -0.4 is 10.6 Å². The van der Waals surface area contributed by atoms with Crippen molar-refractivity contribution < 1.29 is 14.0 Å². The lowest BCUT2D eigenvalue weighted by atomic mass is 10.1. The van der Waals surface area contributed by atoms with E-state index in [-0.39, 0.29) is 18.2 Å². The summed E-state index contributed by atoms with van der Waals surface area (Å²) in [4.78, 5) is 23.2. The van der Waals surface area contributed by atoms with Crippen molar-refractivity contribution in [3.63, 3.8) is 0 Å². The number of hydrogen-bond donors (Lipinski definition) is 2. The SMILES string of the molecule is O=C(CC(=O)NCc1ccco1)NCCc1ccccc1. The Morgan fingerprint density at radius 1 is 0.952 bits per heavy atom. The minimum atomic E-state index is -0.316. The van der Waals surface area contributed by atoms with Gasteiger partial charge in [0.05, 0.1) is 12.8 Å². The molecular formula is C16H18N2O3. The van der Waals surface area contributed by atoms with Gasteiger partial charge in [-0.25, -0.2) is 0 Å².